The van der Waals surface area contributed by atoms with Crippen molar-refractivity contribution in [2.45, 2.75) is 25.7 Å². The molecule has 0 aliphatic carbocycles. The van der Waals surface area contributed by atoms with Gasteiger partial charge in [0.25, 0.3) is 0 Å². The van der Waals surface area contributed by atoms with E-state index in [2.05, 4.69) is 5.16 Å². The lowest BCUT2D eigenvalue weighted by Crippen LogP contribution is -2.16. The number of oxime groups is 1. The van der Waals surface area contributed by atoms with Gasteiger partial charge >= 0.3 is 12.4 Å². The lowest BCUT2D eigenvalue weighted by atomic mass is 9.98. The van der Waals surface area contributed by atoms with Crippen LogP contribution in [-0.2, 0) is 12.4 Å². The summed E-state index contributed by atoms with van der Waals surface area (Å²) < 4.78 is 90.6. The first-order chi connectivity index (χ1) is 12.0. The Morgan fingerprint density at radius 1 is 0.923 bits per heavy atom. The molecular formula is C17H12F7NO. The molecule has 0 saturated heterocycles. The number of hydrogen-bond acceptors (Lipinski definition) is 2. The van der Waals surface area contributed by atoms with Crippen molar-refractivity contribution in [2.24, 2.45) is 5.16 Å². The van der Waals surface area contributed by atoms with Gasteiger partial charge in [0.1, 0.15) is 5.82 Å². The zero-order valence-electron chi connectivity index (χ0n) is 13.2. The lowest BCUT2D eigenvalue weighted by Gasteiger charge is -2.16. The molecule has 2 nitrogen and oxygen atoms in total. The second-order valence-electron chi connectivity index (χ2n) is 5.19. The van der Waals surface area contributed by atoms with Crippen molar-refractivity contribution in [3.8, 4) is 5.75 Å². The minimum absolute atomic E-state index is 0.0321. The van der Waals surface area contributed by atoms with Gasteiger partial charge in [-0.25, -0.2) is 4.39 Å². The average Bonchev–Trinajstić information content (AvgIpc) is 2.55. The topological polar surface area (TPSA) is 21.6 Å². The van der Waals surface area contributed by atoms with E-state index < -0.39 is 34.9 Å². The number of nitrogens with zero attached hydrogens (tertiary/aromatic N) is 1. The van der Waals surface area contributed by atoms with Gasteiger partial charge in [-0.2, -0.15) is 26.3 Å². The first-order valence-electron chi connectivity index (χ1n) is 7.30. The van der Waals surface area contributed by atoms with Crippen molar-refractivity contribution < 1.29 is 35.6 Å². The van der Waals surface area contributed by atoms with Crippen LogP contribution in [0.4, 0.5) is 30.7 Å². The molecule has 0 atom stereocenters. The highest BCUT2D eigenvalue weighted by Gasteiger charge is 2.38. The Bertz CT molecular complexity index is 792. The molecule has 0 spiro atoms. The second kappa shape index (κ2) is 7.35. The number of benzene rings is 2. The van der Waals surface area contributed by atoms with Crippen LogP contribution in [0.1, 0.15) is 30.0 Å². The Morgan fingerprint density at radius 2 is 1.54 bits per heavy atom. The Balaban J connectivity index is 2.45. The van der Waals surface area contributed by atoms with Gasteiger partial charge in [0.2, 0.25) is 0 Å². The van der Waals surface area contributed by atoms with Gasteiger partial charge in [0.15, 0.2) is 5.75 Å². The Hall–Kier alpha value is -2.58. The van der Waals surface area contributed by atoms with E-state index in [1.165, 1.54) is 19.1 Å². The van der Waals surface area contributed by atoms with E-state index in [1.54, 1.807) is 0 Å². The number of hydrogen-bond donors (Lipinski definition) is 0. The van der Waals surface area contributed by atoms with Crippen LogP contribution in [0.3, 0.4) is 0 Å². The molecule has 26 heavy (non-hydrogen) atoms. The molecule has 0 aliphatic heterocycles. The molecule has 0 bridgehead atoms. The van der Waals surface area contributed by atoms with Crippen LogP contribution in [0.15, 0.2) is 47.6 Å². The summed E-state index contributed by atoms with van der Waals surface area (Å²) in [6.07, 6.45) is -9.95. The molecule has 0 amide bonds. The van der Waals surface area contributed by atoms with Crippen LogP contribution in [-0.4, -0.2) is 5.71 Å². The summed E-state index contributed by atoms with van der Waals surface area (Å²) in [5, 5.41) is 3.59. The molecule has 0 radical (unpaired) electrons. The number of halogens is 7. The van der Waals surface area contributed by atoms with Crippen LogP contribution < -0.4 is 4.84 Å². The lowest BCUT2D eigenvalue weighted by molar-refractivity contribution is -0.143. The first-order valence-corrected chi connectivity index (χ1v) is 7.30. The normalized spacial score (nSPS) is 13.0. The third kappa shape index (κ3) is 4.74. The SMILES string of the molecule is CCC(=NOc1ccc(F)cc1)c1ccc(C(F)(F)F)cc1C(F)(F)F. The van der Waals surface area contributed by atoms with Gasteiger partial charge in [-0.15, -0.1) is 0 Å². The monoisotopic (exact) mass is 379 g/mol. The quantitative estimate of drug-likeness (QED) is 0.360. The van der Waals surface area contributed by atoms with Crippen LogP contribution in [0.25, 0.3) is 0 Å². The minimum Gasteiger partial charge on any atom is -0.357 e. The molecule has 9 heteroatoms. The van der Waals surface area contributed by atoms with Crippen molar-refractivity contribution in [2.75, 3.05) is 0 Å². The van der Waals surface area contributed by atoms with Gasteiger partial charge in [-0.3, -0.25) is 0 Å². The van der Waals surface area contributed by atoms with Crippen LogP contribution in [0, 0.1) is 5.82 Å². The van der Waals surface area contributed by atoms with Gasteiger partial charge in [0.05, 0.1) is 16.8 Å². The van der Waals surface area contributed by atoms with Crippen LogP contribution in [0.5, 0.6) is 5.75 Å². The summed E-state index contributed by atoms with van der Waals surface area (Å²) in [6, 6.07) is 5.85. The third-order valence-electron chi connectivity index (χ3n) is 3.37. The summed E-state index contributed by atoms with van der Waals surface area (Å²) in [7, 11) is 0. The molecule has 0 unspecified atom stereocenters. The summed E-state index contributed by atoms with van der Waals surface area (Å²) in [4.78, 5) is 4.97. The fourth-order valence-corrected chi connectivity index (χ4v) is 2.11. The molecule has 0 aliphatic rings. The maximum Gasteiger partial charge on any atom is 0.417 e. The highest BCUT2D eigenvalue weighted by atomic mass is 19.4. The standard InChI is InChI=1S/C17H12F7NO/c1-2-15(25-26-12-6-4-11(18)5-7-12)13-8-3-10(16(19,20)21)9-14(13)17(22,23)24/h3-9H,2H2,1H3. The Morgan fingerprint density at radius 3 is 2.04 bits per heavy atom. The van der Waals surface area contributed by atoms with Crippen molar-refractivity contribution in [1.29, 1.82) is 0 Å². The molecule has 2 rings (SSSR count). The smallest absolute Gasteiger partial charge is 0.357 e. The number of rotatable bonds is 4. The van der Waals surface area contributed by atoms with Crippen molar-refractivity contribution in [3.05, 3.63) is 65.0 Å². The molecule has 0 aromatic heterocycles. The highest BCUT2D eigenvalue weighted by molar-refractivity contribution is 6.01. The van der Waals surface area contributed by atoms with Crippen LogP contribution in [0.2, 0.25) is 0 Å². The van der Waals surface area contributed by atoms with E-state index >= 15 is 0 Å². The fourth-order valence-electron chi connectivity index (χ4n) is 2.11. The largest absolute Gasteiger partial charge is 0.417 e. The van der Waals surface area contributed by atoms with Crippen molar-refractivity contribution in [3.63, 3.8) is 0 Å². The van der Waals surface area contributed by atoms with E-state index in [9.17, 15) is 30.7 Å². The molecule has 0 fully saturated rings. The van der Waals surface area contributed by atoms with E-state index in [0.29, 0.717) is 12.1 Å². The molecule has 0 N–H and O–H groups in total. The highest BCUT2D eigenvalue weighted by Crippen LogP contribution is 2.37. The number of alkyl halides is 6. The molecule has 140 valence electrons. The van der Waals surface area contributed by atoms with Gasteiger partial charge in [0, 0.05) is 5.56 Å². The molecule has 0 heterocycles. The maximum atomic E-state index is 13.2. The summed E-state index contributed by atoms with van der Waals surface area (Å²) in [5.74, 6) is -0.475. The summed E-state index contributed by atoms with van der Waals surface area (Å²) >= 11 is 0. The Labute approximate surface area is 143 Å². The fraction of sp³-hybridized carbons (Fsp3) is 0.235. The molecular weight excluding hydrogens is 367 g/mol. The predicted octanol–water partition coefficient (Wildman–Crippen LogP) is 6.06. The Kier molecular flexibility index (Phi) is 5.58. The van der Waals surface area contributed by atoms with Gasteiger partial charge in [-0.1, -0.05) is 18.1 Å². The van der Waals surface area contributed by atoms with Crippen molar-refractivity contribution >= 4 is 5.71 Å². The van der Waals surface area contributed by atoms with Crippen LogP contribution >= 0.6 is 0 Å². The maximum absolute atomic E-state index is 13.2. The minimum atomic E-state index is -5.01. The third-order valence-corrected chi connectivity index (χ3v) is 3.37. The van der Waals surface area contributed by atoms with Gasteiger partial charge < -0.3 is 4.84 Å². The summed E-state index contributed by atoms with van der Waals surface area (Å²) in [6.45, 7) is 1.48. The molecule has 0 saturated carbocycles. The average molecular weight is 379 g/mol. The second-order valence-corrected chi connectivity index (χ2v) is 5.19. The summed E-state index contributed by atoms with van der Waals surface area (Å²) in [5.41, 5.74) is -3.59. The van der Waals surface area contributed by atoms with E-state index in [4.69, 9.17) is 4.84 Å². The molecule has 2 aromatic rings. The zero-order chi connectivity index (χ0) is 19.5. The zero-order valence-corrected chi connectivity index (χ0v) is 13.2. The predicted molar refractivity (Wildman–Crippen MR) is 80.3 cm³/mol. The van der Waals surface area contributed by atoms with Gasteiger partial charge in [-0.05, 0) is 42.8 Å². The van der Waals surface area contributed by atoms with E-state index in [-0.39, 0.29) is 23.9 Å². The van der Waals surface area contributed by atoms with Crippen molar-refractivity contribution in [1.82, 2.24) is 0 Å². The van der Waals surface area contributed by atoms with E-state index in [1.807, 2.05) is 0 Å². The first kappa shape index (κ1) is 19.7. The van der Waals surface area contributed by atoms with E-state index in [0.717, 1.165) is 12.1 Å². The molecule has 2 aromatic carbocycles.